The summed E-state index contributed by atoms with van der Waals surface area (Å²) in [6.45, 7) is 8.34. The first kappa shape index (κ1) is 26.2. The van der Waals surface area contributed by atoms with Crippen molar-refractivity contribution in [3.05, 3.63) is 65.4 Å². The number of amides is 1. The third kappa shape index (κ3) is 6.46. The van der Waals surface area contributed by atoms with E-state index in [2.05, 4.69) is 35.4 Å². The number of carbonyl (C=O) groups excluding carboxylic acids is 1. The number of para-hydroxylation sites is 1. The van der Waals surface area contributed by atoms with Gasteiger partial charge >= 0.3 is 0 Å². The smallest absolute Gasteiger partial charge is 0.260 e. The van der Waals surface area contributed by atoms with Gasteiger partial charge in [-0.05, 0) is 62.4 Å². The number of hydrogen-bond acceptors (Lipinski definition) is 5. The molecular weight excluding hydrogens is 454 g/mol. The highest BCUT2D eigenvalue weighted by Gasteiger charge is 2.19. The number of benzene rings is 2. The van der Waals surface area contributed by atoms with E-state index < -0.39 is 6.10 Å². The first-order valence-corrected chi connectivity index (χ1v) is 13.0. The molecule has 2 aromatic carbocycles. The van der Waals surface area contributed by atoms with Crippen molar-refractivity contribution in [1.29, 1.82) is 0 Å². The standard InChI is InChI=1S/C29H39N3O4/c1-22-23(2)32(28-12-4-3-11-27(22)28)20-25(34)19-30(13-8-16-33)18-24-9-7-10-26(17-24)36-21-29(35)31-14-5-6-15-31/h3-4,7,9-12,17,25,33-34H,5-6,8,13-16,18-21H2,1-2H3/t25-/m1/s1. The second kappa shape index (κ2) is 12.4. The minimum Gasteiger partial charge on any atom is -0.484 e. The minimum atomic E-state index is -0.560. The Morgan fingerprint density at radius 2 is 1.89 bits per heavy atom. The molecule has 1 aromatic heterocycles. The maximum absolute atomic E-state index is 12.3. The number of aliphatic hydroxyl groups excluding tert-OH is 2. The van der Waals surface area contributed by atoms with E-state index in [1.807, 2.05) is 41.3 Å². The molecule has 0 spiro atoms. The molecule has 0 bridgehead atoms. The highest BCUT2D eigenvalue weighted by molar-refractivity contribution is 5.85. The van der Waals surface area contributed by atoms with Crippen LogP contribution >= 0.6 is 0 Å². The van der Waals surface area contributed by atoms with Crippen molar-refractivity contribution >= 4 is 16.8 Å². The Morgan fingerprint density at radius 3 is 2.67 bits per heavy atom. The molecule has 2 heterocycles. The summed E-state index contributed by atoms with van der Waals surface area (Å²) in [5.74, 6) is 0.710. The molecule has 1 amide bonds. The highest BCUT2D eigenvalue weighted by Crippen LogP contribution is 2.25. The van der Waals surface area contributed by atoms with Crippen LogP contribution < -0.4 is 4.74 Å². The first-order valence-electron chi connectivity index (χ1n) is 13.0. The fourth-order valence-electron chi connectivity index (χ4n) is 5.13. The van der Waals surface area contributed by atoms with Gasteiger partial charge in [0.2, 0.25) is 0 Å². The summed E-state index contributed by atoms with van der Waals surface area (Å²) in [5, 5.41) is 21.7. The predicted octanol–water partition coefficient (Wildman–Crippen LogP) is 3.50. The van der Waals surface area contributed by atoms with Crippen LogP contribution in [0.1, 0.15) is 36.1 Å². The lowest BCUT2D eigenvalue weighted by Crippen LogP contribution is -2.35. The van der Waals surface area contributed by atoms with Crippen LogP contribution in [-0.2, 0) is 17.9 Å². The molecule has 3 aromatic rings. The van der Waals surface area contributed by atoms with Gasteiger partial charge in [-0.2, -0.15) is 0 Å². The molecule has 1 aliphatic rings. The van der Waals surface area contributed by atoms with Gasteiger partial charge in [-0.25, -0.2) is 0 Å². The van der Waals surface area contributed by atoms with Crippen molar-refractivity contribution < 1.29 is 19.7 Å². The number of aliphatic hydroxyl groups is 2. The summed E-state index contributed by atoms with van der Waals surface area (Å²) in [7, 11) is 0. The summed E-state index contributed by atoms with van der Waals surface area (Å²) in [4.78, 5) is 16.3. The zero-order valence-electron chi connectivity index (χ0n) is 21.5. The fraction of sp³-hybridized carbons (Fsp3) is 0.483. The zero-order valence-corrected chi connectivity index (χ0v) is 21.5. The summed E-state index contributed by atoms with van der Waals surface area (Å²) < 4.78 is 8.00. The summed E-state index contributed by atoms with van der Waals surface area (Å²) in [5.41, 5.74) is 4.60. The lowest BCUT2D eigenvalue weighted by atomic mass is 10.2. The van der Waals surface area contributed by atoms with Crippen molar-refractivity contribution in [2.75, 3.05) is 39.4 Å². The van der Waals surface area contributed by atoms with Crippen molar-refractivity contribution in [3.63, 3.8) is 0 Å². The molecule has 7 heteroatoms. The summed E-state index contributed by atoms with van der Waals surface area (Å²) in [6.07, 6.45) is 2.21. The first-order chi connectivity index (χ1) is 17.5. The second-order valence-corrected chi connectivity index (χ2v) is 9.83. The number of hydrogen-bond donors (Lipinski definition) is 2. The average molecular weight is 494 g/mol. The number of aromatic nitrogens is 1. The van der Waals surface area contributed by atoms with Gasteiger partial charge in [0.15, 0.2) is 6.61 Å². The largest absolute Gasteiger partial charge is 0.484 e. The second-order valence-electron chi connectivity index (χ2n) is 9.83. The maximum atomic E-state index is 12.3. The molecule has 194 valence electrons. The van der Waals surface area contributed by atoms with Gasteiger partial charge in [0.1, 0.15) is 5.75 Å². The summed E-state index contributed by atoms with van der Waals surface area (Å²) in [6, 6.07) is 16.1. The van der Waals surface area contributed by atoms with Crippen molar-refractivity contribution in [1.82, 2.24) is 14.4 Å². The number of aryl methyl sites for hydroxylation is 1. The van der Waals surface area contributed by atoms with Gasteiger partial charge in [-0.1, -0.05) is 30.3 Å². The number of carbonyl (C=O) groups is 1. The minimum absolute atomic E-state index is 0.0358. The highest BCUT2D eigenvalue weighted by atomic mass is 16.5. The molecule has 0 aliphatic carbocycles. The van der Waals surface area contributed by atoms with Crippen LogP contribution in [0.3, 0.4) is 0 Å². The Balaban J connectivity index is 1.39. The third-order valence-electron chi connectivity index (χ3n) is 7.17. The molecule has 1 aliphatic heterocycles. The molecule has 0 saturated carbocycles. The van der Waals surface area contributed by atoms with E-state index in [0.717, 1.165) is 37.0 Å². The SMILES string of the molecule is Cc1c(C)n(C[C@H](O)CN(CCCO)Cc2cccc(OCC(=O)N3CCCC3)c2)c2ccccc12. The number of fused-ring (bicyclic) bond motifs is 1. The maximum Gasteiger partial charge on any atom is 0.260 e. The lowest BCUT2D eigenvalue weighted by molar-refractivity contribution is -0.132. The van der Waals surface area contributed by atoms with Gasteiger partial charge in [0.05, 0.1) is 12.6 Å². The number of nitrogens with zero attached hydrogens (tertiary/aromatic N) is 3. The van der Waals surface area contributed by atoms with Gasteiger partial charge in [0, 0.05) is 55.9 Å². The summed E-state index contributed by atoms with van der Waals surface area (Å²) >= 11 is 0. The van der Waals surface area contributed by atoms with Gasteiger partial charge in [-0.15, -0.1) is 0 Å². The molecular formula is C29H39N3O4. The number of likely N-dealkylation sites (tertiary alicyclic amines) is 1. The van der Waals surface area contributed by atoms with E-state index in [-0.39, 0.29) is 19.1 Å². The topological polar surface area (TPSA) is 78.2 Å². The Morgan fingerprint density at radius 1 is 1.11 bits per heavy atom. The number of ether oxygens (including phenoxy) is 1. The zero-order chi connectivity index (χ0) is 25.5. The molecule has 36 heavy (non-hydrogen) atoms. The van der Waals surface area contributed by atoms with Crippen molar-refractivity contribution in [2.45, 2.75) is 52.3 Å². The Hall–Kier alpha value is -2.87. The van der Waals surface area contributed by atoms with Gasteiger partial charge in [0.25, 0.3) is 5.91 Å². The van der Waals surface area contributed by atoms with E-state index >= 15 is 0 Å². The molecule has 0 unspecified atom stereocenters. The molecule has 2 N–H and O–H groups in total. The Labute approximate surface area is 213 Å². The molecule has 1 saturated heterocycles. The average Bonchev–Trinajstić information content (AvgIpc) is 3.50. The quantitative estimate of drug-likeness (QED) is 0.404. The molecule has 0 radical (unpaired) electrons. The van der Waals surface area contributed by atoms with Crippen LogP contribution in [-0.4, -0.2) is 76.0 Å². The van der Waals surface area contributed by atoms with Crippen LogP contribution in [0.2, 0.25) is 0 Å². The van der Waals surface area contributed by atoms with Crippen LogP contribution in [0.25, 0.3) is 10.9 Å². The monoisotopic (exact) mass is 493 g/mol. The predicted molar refractivity (Wildman–Crippen MR) is 142 cm³/mol. The van der Waals surface area contributed by atoms with Gasteiger partial charge < -0.3 is 24.4 Å². The normalized spacial score (nSPS) is 14.6. The Bertz CT molecular complexity index is 1150. The fourth-order valence-corrected chi connectivity index (χ4v) is 5.13. The van der Waals surface area contributed by atoms with Gasteiger partial charge in [-0.3, -0.25) is 9.69 Å². The third-order valence-corrected chi connectivity index (χ3v) is 7.17. The van der Waals surface area contributed by atoms with E-state index in [0.29, 0.717) is 38.3 Å². The van der Waals surface area contributed by atoms with E-state index in [1.165, 1.54) is 16.6 Å². The van der Waals surface area contributed by atoms with Crippen LogP contribution in [0.4, 0.5) is 0 Å². The van der Waals surface area contributed by atoms with Crippen molar-refractivity contribution in [3.8, 4) is 5.75 Å². The van der Waals surface area contributed by atoms with E-state index in [4.69, 9.17) is 4.74 Å². The van der Waals surface area contributed by atoms with E-state index in [9.17, 15) is 15.0 Å². The number of rotatable bonds is 12. The van der Waals surface area contributed by atoms with Crippen molar-refractivity contribution in [2.24, 2.45) is 0 Å². The van der Waals surface area contributed by atoms with Crippen LogP contribution in [0, 0.1) is 13.8 Å². The van der Waals surface area contributed by atoms with Crippen LogP contribution in [0.15, 0.2) is 48.5 Å². The molecule has 1 atom stereocenters. The molecule has 1 fully saturated rings. The lowest BCUT2D eigenvalue weighted by Gasteiger charge is -2.26. The molecule has 7 nitrogen and oxygen atoms in total. The Kier molecular flexibility index (Phi) is 9.02. The van der Waals surface area contributed by atoms with Crippen LogP contribution in [0.5, 0.6) is 5.75 Å². The van der Waals surface area contributed by atoms with E-state index in [1.54, 1.807) is 0 Å². The molecule has 4 rings (SSSR count).